The van der Waals surface area contributed by atoms with Crippen LogP contribution in [0.4, 0.5) is 10.1 Å². The third-order valence-corrected chi connectivity index (χ3v) is 4.57. The summed E-state index contributed by atoms with van der Waals surface area (Å²) in [5.41, 5.74) is 1.06. The number of hydrogen-bond donors (Lipinski definition) is 1. The summed E-state index contributed by atoms with van der Waals surface area (Å²) in [6.07, 6.45) is 1.58. The van der Waals surface area contributed by atoms with Gasteiger partial charge in [-0.05, 0) is 50.2 Å². The van der Waals surface area contributed by atoms with E-state index in [0.717, 1.165) is 0 Å². The molecule has 0 atom stereocenters. The molecule has 2 heterocycles. The van der Waals surface area contributed by atoms with Gasteiger partial charge in [-0.3, -0.25) is 14.3 Å². The lowest BCUT2D eigenvalue weighted by Crippen LogP contribution is -2.23. The van der Waals surface area contributed by atoms with Crippen LogP contribution in [0.3, 0.4) is 0 Å². The van der Waals surface area contributed by atoms with Gasteiger partial charge in [0, 0.05) is 29.4 Å². The lowest BCUT2D eigenvalue weighted by Gasteiger charge is -2.10. The van der Waals surface area contributed by atoms with E-state index < -0.39 is 5.82 Å². The number of fused-ring (bicyclic) bond motifs is 1. The predicted molar refractivity (Wildman–Crippen MR) is 113 cm³/mol. The number of nitrogens with one attached hydrogen (secondary N) is 1. The molecule has 1 N–H and O–H groups in total. The number of halogens is 1. The van der Waals surface area contributed by atoms with Crippen LogP contribution < -0.4 is 15.6 Å². The van der Waals surface area contributed by atoms with Crippen molar-refractivity contribution in [3.05, 3.63) is 88.4 Å². The Labute approximate surface area is 176 Å². The fourth-order valence-corrected chi connectivity index (χ4v) is 3.04. The van der Waals surface area contributed by atoms with Crippen LogP contribution in [0, 0.1) is 5.82 Å². The van der Waals surface area contributed by atoms with Gasteiger partial charge in [0.15, 0.2) is 0 Å². The Hall–Kier alpha value is -4.01. The second-order valence-electron chi connectivity index (χ2n) is 7.19. The summed E-state index contributed by atoms with van der Waals surface area (Å²) < 4.78 is 21.9. The quantitative estimate of drug-likeness (QED) is 0.515. The third-order valence-electron chi connectivity index (χ3n) is 4.57. The molecule has 0 saturated carbocycles. The molecular formula is C22H20FN5O3. The molecule has 0 aliphatic rings. The zero-order chi connectivity index (χ0) is 22.0. The minimum absolute atomic E-state index is 0.0651. The number of nitrogens with zero attached hydrogens (tertiary/aromatic N) is 4. The van der Waals surface area contributed by atoms with Crippen molar-refractivity contribution in [1.82, 2.24) is 19.2 Å². The molecule has 4 aromatic rings. The van der Waals surface area contributed by atoms with Crippen LogP contribution in [-0.4, -0.2) is 25.1 Å². The molecule has 0 spiro atoms. The highest BCUT2D eigenvalue weighted by Gasteiger charge is 2.11. The monoisotopic (exact) mass is 421 g/mol. The summed E-state index contributed by atoms with van der Waals surface area (Å²) in [6, 6.07) is 13.6. The van der Waals surface area contributed by atoms with Crippen molar-refractivity contribution in [2.75, 3.05) is 5.32 Å². The van der Waals surface area contributed by atoms with Crippen molar-refractivity contribution in [2.45, 2.75) is 26.5 Å². The molecule has 9 heteroatoms. The average molecular weight is 421 g/mol. The lowest BCUT2D eigenvalue weighted by molar-refractivity contribution is 0.102. The van der Waals surface area contributed by atoms with Gasteiger partial charge in [-0.1, -0.05) is 6.07 Å². The molecule has 158 valence electrons. The molecule has 8 nitrogen and oxygen atoms in total. The summed E-state index contributed by atoms with van der Waals surface area (Å²) in [7, 11) is 0. The van der Waals surface area contributed by atoms with Crippen LogP contribution in [0.1, 0.15) is 35.9 Å². The van der Waals surface area contributed by atoms with Crippen LogP contribution in [0.2, 0.25) is 0 Å². The van der Waals surface area contributed by atoms with Crippen molar-refractivity contribution in [3.63, 3.8) is 0 Å². The summed E-state index contributed by atoms with van der Waals surface area (Å²) >= 11 is 0. The van der Waals surface area contributed by atoms with E-state index in [9.17, 15) is 14.0 Å². The van der Waals surface area contributed by atoms with Gasteiger partial charge in [0.05, 0.1) is 5.69 Å². The normalized spacial score (nSPS) is 11.1. The Morgan fingerprint density at radius 1 is 1.16 bits per heavy atom. The zero-order valence-corrected chi connectivity index (χ0v) is 16.9. The molecule has 2 aromatic heterocycles. The Bertz CT molecular complexity index is 1290. The first kappa shape index (κ1) is 20.3. The standard InChI is InChI=1S/C22H20FN5O3/c1-14(2)27-13-24-22-26-18(11-20(29)28(22)27)12-31-19-5-3-4-17(10-19)25-21(30)15-6-8-16(23)9-7-15/h3-11,13-14H,12H2,1-2H3,(H,25,30). The second-order valence-corrected chi connectivity index (χ2v) is 7.19. The summed E-state index contributed by atoms with van der Waals surface area (Å²) in [5, 5.41) is 2.74. The van der Waals surface area contributed by atoms with Gasteiger partial charge in [0.25, 0.3) is 17.2 Å². The first-order chi connectivity index (χ1) is 14.9. The molecular weight excluding hydrogens is 401 g/mol. The molecule has 31 heavy (non-hydrogen) atoms. The predicted octanol–water partition coefficient (Wildman–Crippen LogP) is 3.44. The lowest BCUT2D eigenvalue weighted by atomic mass is 10.2. The maximum Gasteiger partial charge on any atom is 0.274 e. The SMILES string of the molecule is CC(C)n1cnc2nc(COc3cccc(NC(=O)c4ccc(F)cc4)c3)cc(=O)n21. The van der Waals surface area contributed by atoms with Crippen molar-refractivity contribution in [1.29, 1.82) is 0 Å². The van der Waals surface area contributed by atoms with Crippen molar-refractivity contribution >= 4 is 17.4 Å². The molecule has 0 bridgehead atoms. The van der Waals surface area contributed by atoms with Crippen LogP contribution in [0.5, 0.6) is 5.75 Å². The highest BCUT2D eigenvalue weighted by Crippen LogP contribution is 2.19. The Balaban J connectivity index is 1.46. The largest absolute Gasteiger partial charge is 0.487 e. The average Bonchev–Trinajstić information content (AvgIpc) is 3.18. The van der Waals surface area contributed by atoms with E-state index in [1.165, 1.54) is 34.8 Å². The number of ether oxygens (including phenoxy) is 1. The van der Waals surface area contributed by atoms with Gasteiger partial charge >= 0.3 is 0 Å². The van der Waals surface area contributed by atoms with E-state index in [1.54, 1.807) is 35.3 Å². The van der Waals surface area contributed by atoms with E-state index >= 15 is 0 Å². The van der Waals surface area contributed by atoms with E-state index in [2.05, 4.69) is 15.3 Å². The van der Waals surface area contributed by atoms with Gasteiger partial charge in [0.2, 0.25) is 0 Å². The molecule has 0 aliphatic heterocycles. The number of hydrogen-bond acceptors (Lipinski definition) is 5. The number of anilines is 1. The molecule has 2 aromatic carbocycles. The minimum atomic E-state index is -0.408. The number of rotatable bonds is 6. The summed E-state index contributed by atoms with van der Waals surface area (Å²) in [6.45, 7) is 3.97. The fourth-order valence-electron chi connectivity index (χ4n) is 3.04. The molecule has 1 amide bonds. The number of carbonyl (C=O) groups is 1. The van der Waals surface area contributed by atoms with Crippen LogP contribution in [-0.2, 0) is 6.61 Å². The Kier molecular flexibility index (Phi) is 5.48. The first-order valence-electron chi connectivity index (χ1n) is 9.66. The highest BCUT2D eigenvalue weighted by molar-refractivity contribution is 6.04. The van der Waals surface area contributed by atoms with E-state index in [0.29, 0.717) is 28.5 Å². The van der Waals surface area contributed by atoms with Crippen LogP contribution >= 0.6 is 0 Å². The van der Waals surface area contributed by atoms with Gasteiger partial charge in [0.1, 0.15) is 24.5 Å². The number of benzene rings is 2. The maximum atomic E-state index is 13.0. The van der Waals surface area contributed by atoms with Gasteiger partial charge in [-0.15, -0.1) is 0 Å². The molecule has 0 aliphatic carbocycles. The van der Waals surface area contributed by atoms with Crippen molar-refractivity contribution in [3.8, 4) is 5.75 Å². The molecule has 0 unspecified atom stereocenters. The Morgan fingerprint density at radius 3 is 2.68 bits per heavy atom. The molecule has 4 rings (SSSR count). The van der Waals surface area contributed by atoms with Crippen LogP contribution in [0.25, 0.3) is 5.78 Å². The number of amides is 1. The fraction of sp³-hybridized carbons (Fsp3) is 0.182. The zero-order valence-electron chi connectivity index (χ0n) is 16.9. The Morgan fingerprint density at radius 2 is 1.94 bits per heavy atom. The highest BCUT2D eigenvalue weighted by atomic mass is 19.1. The molecule has 0 saturated heterocycles. The van der Waals surface area contributed by atoms with Crippen LogP contribution in [0.15, 0.2) is 65.7 Å². The topological polar surface area (TPSA) is 90.5 Å². The number of aromatic nitrogens is 4. The molecule has 0 fully saturated rings. The maximum absolute atomic E-state index is 13.0. The summed E-state index contributed by atoms with van der Waals surface area (Å²) in [4.78, 5) is 33.3. The van der Waals surface area contributed by atoms with Gasteiger partial charge in [-0.25, -0.2) is 9.37 Å². The van der Waals surface area contributed by atoms with E-state index in [1.807, 2.05) is 13.8 Å². The van der Waals surface area contributed by atoms with Crippen molar-refractivity contribution < 1.29 is 13.9 Å². The first-order valence-corrected chi connectivity index (χ1v) is 9.66. The van der Waals surface area contributed by atoms with Gasteiger partial charge in [-0.2, -0.15) is 9.50 Å². The third kappa shape index (κ3) is 4.45. The molecule has 0 radical (unpaired) electrons. The van der Waals surface area contributed by atoms with Crippen molar-refractivity contribution in [2.24, 2.45) is 0 Å². The van der Waals surface area contributed by atoms with E-state index in [4.69, 9.17) is 4.74 Å². The smallest absolute Gasteiger partial charge is 0.274 e. The minimum Gasteiger partial charge on any atom is -0.487 e. The second kappa shape index (κ2) is 8.39. The summed E-state index contributed by atoms with van der Waals surface area (Å²) in [5.74, 6) is 0.0270. The van der Waals surface area contributed by atoms with E-state index in [-0.39, 0.29) is 24.1 Å². The number of carbonyl (C=O) groups excluding carboxylic acids is 1. The van der Waals surface area contributed by atoms with Gasteiger partial charge < -0.3 is 10.1 Å².